The van der Waals surface area contributed by atoms with Gasteiger partial charge in [-0.1, -0.05) is 12.1 Å². The van der Waals surface area contributed by atoms with E-state index in [2.05, 4.69) is 15.0 Å². The summed E-state index contributed by atoms with van der Waals surface area (Å²) >= 11 is 0. The highest BCUT2D eigenvalue weighted by atomic mass is 32.2. The Morgan fingerprint density at radius 2 is 1.97 bits per heavy atom. The number of para-hydroxylation sites is 1. The molecule has 5 N–H and O–H groups in total. The lowest BCUT2D eigenvalue weighted by atomic mass is 10.2. The second-order valence-electron chi connectivity index (χ2n) is 8.10. The minimum atomic E-state index is -4.51. The summed E-state index contributed by atoms with van der Waals surface area (Å²) < 4.78 is 50.8. The number of carbonyl (C=O) groups is 1. The third-order valence-corrected chi connectivity index (χ3v) is 6.13. The average Bonchev–Trinajstić information content (AvgIpc) is 3.35. The first-order valence-electron chi connectivity index (χ1n) is 10.4. The summed E-state index contributed by atoms with van der Waals surface area (Å²) in [5.41, 5.74) is 12.5. The van der Waals surface area contributed by atoms with E-state index < -0.39 is 47.0 Å². The van der Waals surface area contributed by atoms with Gasteiger partial charge in [-0.25, -0.2) is 19.7 Å². The number of imidazole rings is 1. The van der Waals surface area contributed by atoms with E-state index in [4.69, 9.17) is 29.9 Å². The number of nitrogens with one attached hydrogen (secondary N) is 1. The molecule has 3 heterocycles. The summed E-state index contributed by atoms with van der Waals surface area (Å²) in [6.45, 7) is 2.89. The van der Waals surface area contributed by atoms with Crippen LogP contribution in [0.25, 0.3) is 11.2 Å². The van der Waals surface area contributed by atoms with Crippen LogP contribution in [0.5, 0.6) is 0 Å². The number of fused-ring (bicyclic) bond motifs is 1. The van der Waals surface area contributed by atoms with E-state index >= 15 is 0 Å². The quantitative estimate of drug-likeness (QED) is 0.354. The zero-order chi connectivity index (χ0) is 25.4. The van der Waals surface area contributed by atoms with Crippen molar-refractivity contribution in [1.82, 2.24) is 24.2 Å². The van der Waals surface area contributed by atoms with Crippen molar-refractivity contribution >= 4 is 38.9 Å². The molecule has 1 aromatic carbocycles. The maximum Gasteiger partial charge on any atom is 0.362 e. The van der Waals surface area contributed by atoms with Crippen LogP contribution in [0.1, 0.15) is 30.4 Å². The maximum absolute atomic E-state index is 12.4. The van der Waals surface area contributed by atoms with E-state index in [1.165, 1.54) is 31.9 Å². The SMILES string of the molecule is CO[C@H](COS(=O)(=O)NC(=O)c1ccccc1N)[C@H]1OC(C)(C)O[C@H]1n1cnc2c(N)ncnc21. The number of benzene rings is 1. The van der Waals surface area contributed by atoms with Crippen LogP contribution in [0, 0.1) is 0 Å². The summed E-state index contributed by atoms with van der Waals surface area (Å²) in [6, 6.07) is 6.03. The van der Waals surface area contributed by atoms with Gasteiger partial charge in [0, 0.05) is 12.8 Å². The van der Waals surface area contributed by atoms with E-state index in [0.717, 1.165) is 0 Å². The number of hydrogen-bond donors (Lipinski definition) is 3. The van der Waals surface area contributed by atoms with Crippen LogP contribution in [0.15, 0.2) is 36.9 Å². The van der Waals surface area contributed by atoms with Crippen molar-refractivity contribution in [3.63, 3.8) is 0 Å². The van der Waals surface area contributed by atoms with Crippen LogP contribution in [0.3, 0.4) is 0 Å². The molecule has 0 radical (unpaired) electrons. The second kappa shape index (κ2) is 9.35. The van der Waals surface area contributed by atoms with Gasteiger partial charge in [0.1, 0.15) is 24.1 Å². The Kier molecular flexibility index (Phi) is 6.61. The third-order valence-electron chi connectivity index (χ3n) is 5.25. The highest BCUT2D eigenvalue weighted by molar-refractivity contribution is 7.85. The standard InChI is InChI=1S/C20H25N7O7S/c1-20(2)33-15(19(34-20)27-10-25-14-16(22)23-9-24-17(14)27)13(31-3)8-32-35(29,30)26-18(28)11-6-4-5-7-12(11)21/h4-7,9-10,13,15,19H,8,21H2,1-3H3,(H,26,28)(H2,22,23,24)/t13-,15-,19-/m1/s1. The Labute approximate surface area is 200 Å². The third kappa shape index (κ3) is 5.18. The molecule has 3 aromatic rings. The number of rotatable bonds is 8. The molecule has 1 aliphatic rings. The fraction of sp³-hybridized carbons (Fsp3) is 0.400. The molecule has 3 atom stereocenters. The number of methoxy groups -OCH3 is 1. The Bertz CT molecular complexity index is 1340. The van der Waals surface area contributed by atoms with Gasteiger partial charge in [0.2, 0.25) is 0 Å². The molecule has 4 rings (SSSR count). The predicted octanol–water partition coefficient (Wildman–Crippen LogP) is 0.347. The largest absolute Gasteiger partial charge is 0.398 e. The predicted molar refractivity (Wildman–Crippen MR) is 123 cm³/mol. The summed E-state index contributed by atoms with van der Waals surface area (Å²) in [7, 11) is -3.15. The smallest absolute Gasteiger partial charge is 0.362 e. The van der Waals surface area contributed by atoms with E-state index in [0.29, 0.717) is 11.2 Å². The van der Waals surface area contributed by atoms with Crippen molar-refractivity contribution in [3.8, 4) is 0 Å². The molecule has 0 bridgehead atoms. The van der Waals surface area contributed by atoms with Crippen LogP contribution in [0.2, 0.25) is 0 Å². The van der Waals surface area contributed by atoms with Crippen LogP contribution in [0.4, 0.5) is 11.5 Å². The van der Waals surface area contributed by atoms with Crippen LogP contribution in [-0.2, 0) is 28.7 Å². The highest BCUT2D eigenvalue weighted by Gasteiger charge is 2.47. The van der Waals surface area contributed by atoms with E-state index in [1.54, 1.807) is 30.5 Å². The molecule has 1 amide bonds. The Morgan fingerprint density at radius 1 is 1.23 bits per heavy atom. The Balaban J connectivity index is 1.52. The number of aromatic nitrogens is 4. The number of carbonyl (C=O) groups excluding carboxylic acids is 1. The van der Waals surface area contributed by atoms with E-state index in [1.807, 2.05) is 4.72 Å². The number of hydrogen-bond acceptors (Lipinski definition) is 12. The number of anilines is 2. The van der Waals surface area contributed by atoms with Crippen molar-refractivity contribution in [1.29, 1.82) is 0 Å². The lowest BCUT2D eigenvalue weighted by Crippen LogP contribution is -2.41. The number of nitrogens with two attached hydrogens (primary N) is 2. The van der Waals surface area contributed by atoms with Crippen molar-refractivity contribution < 1.29 is 31.6 Å². The van der Waals surface area contributed by atoms with Gasteiger partial charge in [0.25, 0.3) is 5.91 Å². The summed E-state index contributed by atoms with van der Waals surface area (Å²) in [5.74, 6) is -1.80. The van der Waals surface area contributed by atoms with Crippen molar-refractivity contribution in [2.45, 2.75) is 38.1 Å². The molecule has 0 saturated carbocycles. The van der Waals surface area contributed by atoms with Gasteiger partial charge in [-0.2, -0.15) is 8.42 Å². The Morgan fingerprint density at radius 3 is 2.69 bits per heavy atom. The van der Waals surface area contributed by atoms with Crippen molar-refractivity contribution in [2.75, 3.05) is 25.2 Å². The molecule has 2 aromatic heterocycles. The topological polar surface area (TPSA) is 196 Å². The van der Waals surface area contributed by atoms with Crippen molar-refractivity contribution in [2.24, 2.45) is 0 Å². The molecule has 0 unspecified atom stereocenters. The van der Waals surface area contributed by atoms with E-state index in [9.17, 15) is 13.2 Å². The molecule has 1 fully saturated rings. The molecule has 1 aliphatic heterocycles. The van der Waals surface area contributed by atoms with Gasteiger partial charge in [-0.15, -0.1) is 0 Å². The fourth-order valence-electron chi connectivity index (χ4n) is 3.66. The molecule has 1 saturated heterocycles. The van der Waals surface area contributed by atoms with Gasteiger partial charge in [0.15, 0.2) is 23.5 Å². The Hall–Kier alpha value is -3.37. The van der Waals surface area contributed by atoms with Gasteiger partial charge in [-0.3, -0.25) is 13.5 Å². The first-order chi connectivity index (χ1) is 16.5. The van der Waals surface area contributed by atoms with Gasteiger partial charge in [0.05, 0.1) is 18.5 Å². The fourth-order valence-corrected chi connectivity index (χ4v) is 4.37. The molecule has 188 valence electrons. The van der Waals surface area contributed by atoms with E-state index in [-0.39, 0.29) is 17.1 Å². The number of ether oxygens (including phenoxy) is 3. The molecule has 0 spiro atoms. The summed E-state index contributed by atoms with van der Waals surface area (Å²) in [5, 5.41) is 0. The number of nitrogens with zero attached hydrogens (tertiary/aromatic N) is 4. The van der Waals surface area contributed by atoms with Crippen LogP contribution < -0.4 is 16.2 Å². The number of amides is 1. The molecule has 15 heteroatoms. The first kappa shape index (κ1) is 24.7. The zero-order valence-corrected chi connectivity index (χ0v) is 19.9. The van der Waals surface area contributed by atoms with Gasteiger partial charge < -0.3 is 25.7 Å². The molecule has 0 aliphatic carbocycles. The normalized spacial score (nSPS) is 20.7. The average molecular weight is 508 g/mol. The minimum Gasteiger partial charge on any atom is -0.398 e. The second-order valence-corrected chi connectivity index (χ2v) is 9.45. The molecule has 35 heavy (non-hydrogen) atoms. The van der Waals surface area contributed by atoms with Gasteiger partial charge in [-0.05, 0) is 26.0 Å². The van der Waals surface area contributed by atoms with Crippen molar-refractivity contribution in [3.05, 3.63) is 42.5 Å². The maximum atomic E-state index is 12.4. The van der Waals surface area contributed by atoms with Gasteiger partial charge >= 0.3 is 10.3 Å². The monoisotopic (exact) mass is 507 g/mol. The number of nitrogen functional groups attached to an aromatic ring is 2. The molecule has 14 nitrogen and oxygen atoms in total. The van der Waals surface area contributed by atoms with Crippen LogP contribution >= 0.6 is 0 Å². The molecular weight excluding hydrogens is 482 g/mol. The zero-order valence-electron chi connectivity index (χ0n) is 19.1. The lowest BCUT2D eigenvalue weighted by Gasteiger charge is -2.25. The summed E-state index contributed by atoms with van der Waals surface area (Å²) in [4.78, 5) is 24.7. The minimum absolute atomic E-state index is 0.00875. The first-order valence-corrected chi connectivity index (χ1v) is 11.8. The lowest BCUT2D eigenvalue weighted by molar-refractivity contribution is -0.162. The summed E-state index contributed by atoms with van der Waals surface area (Å²) in [6.07, 6.45) is 0.148. The van der Waals surface area contributed by atoms with Crippen LogP contribution in [-0.4, -0.2) is 65.6 Å². The molecular formula is C20H25N7O7S. The highest BCUT2D eigenvalue weighted by Crippen LogP contribution is 2.38.